The molecule has 1 aliphatic rings. The molecule has 1 unspecified atom stereocenters. The first-order valence-electron chi connectivity index (χ1n) is 7.00. The maximum atomic E-state index is 12.2. The predicted molar refractivity (Wildman–Crippen MR) is 70.4 cm³/mol. The molecule has 1 amide bonds. The number of carbonyl (C=O) groups excluding carboxylic acids is 1. The quantitative estimate of drug-likeness (QED) is 0.618. The lowest BCUT2D eigenvalue weighted by atomic mass is 10.2. The normalized spacial score (nSPS) is 19.8. The number of aliphatic hydroxyl groups excluding tert-OH is 1. The third-order valence-corrected chi connectivity index (χ3v) is 3.18. The summed E-state index contributed by atoms with van der Waals surface area (Å²) >= 11 is 0. The smallest absolute Gasteiger partial charge is 0.242 e. The Balaban J connectivity index is 2.35. The molecule has 5 heteroatoms. The highest BCUT2D eigenvalue weighted by Crippen LogP contribution is 2.05. The highest BCUT2D eigenvalue weighted by Gasteiger charge is 2.25. The fourth-order valence-electron chi connectivity index (χ4n) is 2.13. The van der Waals surface area contributed by atoms with Gasteiger partial charge in [-0.3, -0.25) is 4.79 Å². The van der Waals surface area contributed by atoms with Crippen LogP contribution in [-0.4, -0.2) is 61.4 Å². The Labute approximate surface area is 109 Å². The van der Waals surface area contributed by atoms with Gasteiger partial charge in [-0.25, -0.2) is 0 Å². The largest absolute Gasteiger partial charge is 0.395 e. The molecule has 0 aromatic rings. The van der Waals surface area contributed by atoms with Gasteiger partial charge in [-0.15, -0.1) is 0 Å². The summed E-state index contributed by atoms with van der Waals surface area (Å²) < 4.78 is 5.30. The number of hydrogen-bond donors (Lipinski definition) is 2. The molecular formula is C13H26N2O3. The van der Waals surface area contributed by atoms with Gasteiger partial charge in [0.25, 0.3) is 0 Å². The zero-order valence-corrected chi connectivity index (χ0v) is 11.4. The van der Waals surface area contributed by atoms with Gasteiger partial charge in [0.15, 0.2) is 0 Å². The summed E-state index contributed by atoms with van der Waals surface area (Å²) in [5.74, 6) is 0.0558. The summed E-state index contributed by atoms with van der Waals surface area (Å²) in [4.78, 5) is 14.0. The molecule has 1 rings (SSSR count). The van der Waals surface area contributed by atoms with Crippen LogP contribution in [0.25, 0.3) is 0 Å². The van der Waals surface area contributed by atoms with Crippen LogP contribution in [-0.2, 0) is 9.53 Å². The second-order valence-corrected chi connectivity index (χ2v) is 4.69. The average Bonchev–Trinajstić information content (AvgIpc) is 2.42. The van der Waals surface area contributed by atoms with Crippen LogP contribution in [0.1, 0.15) is 32.6 Å². The van der Waals surface area contributed by atoms with Crippen molar-refractivity contribution in [2.45, 2.75) is 38.6 Å². The number of hydrogen-bond acceptors (Lipinski definition) is 4. The van der Waals surface area contributed by atoms with Gasteiger partial charge in [0.2, 0.25) is 5.91 Å². The zero-order chi connectivity index (χ0) is 13.2. The second kappa shape index (κ2) is 9.30. The van der Waals surface area contributed by atoms with Crippen molar-refractivity contribution in [3.8, 4) is 0 Å². The van der Waals surface area contributed by atoms with Gasteiger partial charge in [-0.2, -0.15) is 0 Å². The molecule has 1 heterocycles. The van der Waals surface area contributed by atoms with Crippen LogP contribution >= 0.6 is 0 Å². The molecule has 0 aromatic carbocycles. The van der Waals surface area contributed by atoms with Crippen LogP contribution < -0.4 is 5.32 Å². The van der Waals surface area contributed by atoms with E-state index in [1.165, 1.54) is 12.8 Å². The van der Waals surface area contributed by atoms with E-state index in [0.717, 1.165) is 25.9 Å². The van der Waals surface area contributed by atoms with Crippen molar-refractivity contribution in [3.05, 3.63) is 0 Å². The highest BCUT2D eigenvalue weighted by molar-refractivity contribution is 5.82. The number of rotatable bonds is 8. The van der Waals surface area contributed by atoms with Crippen molar-refractivity contribution < 1.29 is 14.6 Å². The summed E-state index contributed by atoms with van der Waals surface area (Å²) in [6.45, 7) is 5.17. The van der Waals surface area contributed by atoms with E-state index < -0.39 is 0 Å². The third kappa shape index (κ3) is 5.33. The number of amides is 1. The van der Waals surface area contributed by atoms with Crippen molar-refractivity contribution in [2.24, 2.45) is 0 Å². The van der Waals surface area contributed by atoms with Crippen molar-refractivity contribution in [2.75, 3.05) is 39.5 Å². The van der Waals surface area contributed by atoms with E-state index >= 15 is 0 Å². The number of aliphatic hydroxyl groups is 1. The minimum absolute atomic E-state index is 0.0209. The summed E-state index contributed by atoms with van der Waals surface area (Å²) in [7, 11) is 0. The second-order valence-electron chi connectivity index (χ2n) is 4.69. The molecule has 0 aromatic heterocycles. The Morgan fingerprint density at radius 1 is 1.39 bits per heavy atom. The maximum Gasteiger partial charge on any atom is 0.242 e. The lowest BCUT2D eigenvalue weighted by molar-refractivity contribution is -0.137. The maximum absolute atomic E-state index is 12.2. The van der Waals surface area contributed by atoms with Crippen LogP contribution in [0.4, 0.5) is 0 Å². The number of ether oxygens (including phenoxy) is 1. The van der Waals surface area contributed by atoms with E-state index in [-0.39, 0.29) is 18.6 Å². The van der Waals surface area contributed by atoms with Crippen molar-refractivity contribution >= 4 is 5.91 Å². The van der Waals surface area contributed by atoms with E-state index in [9.17, 15) is 4.79 Å². The molecule has 2 N–H and O–H groups in total. The Hall–Kier alpha value is -0.650. The molecule has 1 fully saturated rings. The van der Waals surface area contributed by atoms with Gasteiger partial charge >= 0.3 is 0 Å². The molecule has 0 bridgehead atoms. The molecule has 18 heavy (non-hydrogen) atoms. The van der Waals surface area contributed by atoms with Gasteiger partial charge in [0.1, 0.15) is 6.04 Å². The molecule has 1 aliphatic heterocycles. The third-order valence-electron chi connectivity index (χ3n) is 3.18. The summed E-state index contributed by atoms with van der Waals surface area (Å²) in [6.07, 6.45) is 4.53. The molecule has 5 nitrogen and oxygen atoms in total. The molecule has 0 radical (unpaired) electrons. The van der Waals surface area contributed by atoms with Gasteiger partial charge < -0.3 is 20.1 Å². The first-order valence-corrected chi connectivity index (χ1v) is 7.00. The minimum Gasteiger partial charge on any atom is -0.395 e. The van der Waals surface area contributed by atoms with Crippen LogP contribution in [0.15, 0.2) is 0 Å². The Kier molecular flexibility index (Phi) is 7.96. The van der Waals surface area contributed by atoms with Crippen molar-refractivity contribution in [1.29, 1.82) is 0 Å². The molecule has 1 saturated heterocycles. The molecule has 0 spiro atoms. The number of morpholine rings is 1. The topological polar surface area (TPSA) is 61.8 Å². The number of nitrogens with one attached hydrogen (secondary N) is 1. The van der Waals surface area contributed by atoms with E-state index in [4.69, 9.17) is 9.84 Å². The first kappa shape index (κ1) is 15.4. The molecule has 0 saturated carbocycles. The Morgan fingerprint density at radius 2 is 2.22 bits per heavy atom. The van der Waals surface area contributed by atoms with Gasteiger partial charge in [-0.05, 0) is 6.42 Å². The van der Waals surface area contributed by atoms with Crippen LogP contribution in [0, 0.1) is 0 Å². The monoisotopic (exact) mass is 258 g/mol. The van der Waals surface area contributed by atoms with Gasteiger partial charge in [0.05, 0.1) is 19.8 Å². The van der Waals surface area contributed by atoms with Crippen LogP contribution in [0.5, 0.6) is 0 Å². The number of unbranched alkanes of at least 4 members (excludes halogenated alkanes) is 3. The zero-order valence-electron chi connectivity index (χ0n) is 11.4. The van der Waals surface area contributed by atoms with E-state index in [2.05, 4.69) is 12.2 Å². The summed E-state index contributed by atoms with van der Waals surface area (Å²) in [6, 6.07) is -0.239. The first-order chi connectivity index (χ1) is 8.79. The summed E-state index contributed by atoms with van der Waals surface area (Å²) in [5, 5.41) is 12.2. The standard InChI is InChI=1S/C13H26N2O3/c1-2-3-4-5-7-15(8-9-16)13(17)12-11-18-10-6-14-12/h12,14,16H,2-11H2,1H3. The molecule has 1 atom stereocenters. The number of nitrogens with zero attached hydrogens (tertiary/aromatic N) is 1. The minimum atomic E-state index is -0.239. The highest BCUT2D eigenvalue weighted by atomic mass is 16.5. The average molecular weight is 258 g/mol. The fraction of sp³-hybridized carbons (Fsp3) is 0.923. The van der Waals surface area contributed by atoms with Crippen LogP contribution in [0.2, 0.25) is 0 Å². The van der Waals surface area contributed by atoms with E-state index in [0.29, 0.717) is 19.8 Å². The molecule has 106 valence electrons. The van der Waals surface area contributed by atoms with Gasteiger partial charge in [0, 0.05) is 19.6 Å². The Morgan fingerprint density at radius 3 is 2.83 bits per heavy atom. The van der Waals surface area contributed by atoms with Crippen LogP contribution in [0.3, 0.4) is 0 Å². The van der Waals surface area contributed by atoms with Crippen molar-refractivity contribution in [1.82, 2.24) is 10.2 Å². The predicted octanol–water partition coefficient (Wildman–Crippen LogP) is 0.376. The van der Waals surface area contributed by atoms with Gasteiger partial charge in [-0.1, -0.05) is 26.2 Å². The van der Waals surface area contributed by atoms with Crippen molar-refractivity contribution in [3.63, 3.8) is 0 Å². The molecular weight excluding hydrogens is 232 g/mol. The fourth-order valence-corrected chi connectivity index (χ4v) is 2.13. The SMILES string of the molecule is CCCCCCN(CCO)C(=O)C1COCCN1. The lowest BCUT2D eigenvalue weighted by Gasteiger charge is -2.29. The molecule has 0 aliphatic carbocycles. The van der Waals surface area contributed by atoms with E-state index in [1.807, 2.05) is 0 Å². The number of carbonyl (C=O) groups is 1. The van der Waals surface area contributed by atoms with E-state index in [1.54, 1.807) is 4.90 Å². The summed E-state index contributed by atoms with van der Waals surface area (Å²) in [5.41, 5.74) is 0. The lowest BCUT2D eigenvalue weighted by Crippen LogP contribution is -2.53. The Bertz CT molecular complexity index is 230.